The lowest BCUT2D eigenvalue weighted by Crippen LogP contribution is -2.35. The Morgan fingerprint density at radius 1 is 1.28 bits per heavy atom. The van der Waals surface area contributed by atoms with Crippen molar-refractivity contribution in [2.45, 2.75) is 27.2 Å². The number of hydrogen-bond donors (Lipinski definition) is 0. The summed E-state index contributed by atoms with van der Waals surface area (Å²) in [6.07, 6.45) is 1.01. The molecular weight excluding hydrogens is 336 g/mol. The number of carbonyl (C=O) groups is 1. The van der Waals surface area contributed by atoms with Crippen molar-refractivity contribution >= 4 is 17.5 Å². The van der Waals surface area contributed by atoms with Gasteiger partial charge in [-0.25, -0.2) is 0 Å². The van der Waals surface area contributed by atoms with Crippen LogP contribution in [0.25, 0.3) is 5.69 Å². The van der Waals surface area contributed by atoms with E-state index in [1.807, 2.05) is 30.0 Å². The van der Waals surface area contributed by atoms with Crippen LogP contribution in [0.2, 0.25) is 5.02 Å². The lowest BCUT2D eigenvalue weighted by atomic mass is 10.1. The standard InChI is InChI=1S/C20H25ClN2O2/c1-4-22(12-16-9-10-25-13-16)20(24)18-11-17(7-8-19(18)21)23-14(2)5-6-15(23)3/h5-8,11,16H,4,9-10,12-13H2,1-3H3. The second kappa shape index (κ2) is 7.63. The highest BCUT2D eigenvalue weighted by Crippen LogP contribution is 2.25. The molecule has 1 aliphatic rings. The van der Waals surface area contributed by atoms with Gasteiger partial charge in [0.1, 0.15) is 0 Å². The van der Waals surface area contributed by atoms with Crippen LogP contribution in [0.5, 0.6) is 0 Å². The van der Waals surface area contributed by atoms with Gasteiger partial charge >= 0.3 is 0 Å². The summed E-state index contributed by atoms with van der Waals surface area (Å²) in [4.78, 5) is 14.9. The van der Waals surface area contributed by atoms with Gasteiger partial charge in [-0.3, -0.25) is 4.79 Å². The molecule has 1 unspecified atom stereocenters. The lowest BCUT2D eigenvalue weighted by molar-refractivity contribution is 0.0731. The van der Waals surface area contributed by atoms with Crippen LogP contribution < -0.4 is 0 Å². The zero-order chi connectivity index (χ0) is 18.0. The Morgan fingerprint density at radius 2 is 2.00 bits per heavy atom. The molecule has 3 rings (SSSR count). The molecule has 2 aromatic rings. The van der Waals surface area contributed by atoms with E-state index < -0.39 is 0 Å². The molecule has 1 aromatic carbocycles. The molecule has 25 heavy (non-hydrogen) atoms. The van der Waals surface area contributed by atoms with Gasteiger partial charge in [0, 0.05) is 42.7 Å². The van der Waals surface area contributed by atoms with Crippen molar-refractivity contribution in [1.29, 1.82) is 0 Å². The van der Waals surface area contributed by atoms with Crippen molar-refractivity contribution in [1.82, 2.24) is 9.47 Å². The molecule has 1 aliphatic heterocycles. The zero-order valence-corrected chi connectivity index (χ0v) is 15.8. The summed E-state index contributed by atoms with van der Waals surface area (Å²) in [7, 11) is 0. The van der Waals surface area contributed by atoms with E-state index in [2.05, 4.69) is 30.5 Å². The van der Waals surface area contributed by atoms with Gasteiger partial charge in [0.2, 0.25) is 0 Å². The van der Waals surface area contributed by atoms with Crippen LogP contribution in [0.1, 0.15) is 35.1 Å². The summed E-state index contributed by atoms with van der Waals surface area (Å²) < 4.78 is 7.57. The van der Waals surface area contributed by atoms with E-state index >= 15 is 0 Å². The highest BCUT2D eigenvalue weighted by Gasteiger charge is 2.24. The number of rotatable bonds is 5. The topological polar surface area (TPSA) is 34.5 Å². The van der Waals surface area contributed by atoms with E-state index in [1.54, 1.807) is 0 Å². The molecule has 1 amide bonds. The second-order valence-corrected chi connectivity index (χ2v) is 7.10. The van der Waals surface area contributed by atoms with Crippen molar-refractivity contribution in [2.24, 2.45) is 5.92 Å². The highest BCUT2D eigenvalue weighted by atomic mass is 35.5. The van der Waals surface area contributed by atoms with E-state index in [0.29, 0.717) is 23.0 Å². The van der Waals surface area contributed by atoms with Gasteiger partial charge in [0.25, 0.3) is 5.91 Å². The number of nitrogens with zero attached hydrogens (tertiary/aromatic N) is 2. The minimum atomic E-state index is -0.0105. The predicted molar refractivity (Wildman–Crippen MR) is 101 cm³/mol. The van der Waals surface area contributed by atoms with E-state index in [4.69, 9.17) is 16.3 Å². The summed E-state index contributed by atoms with van der Waals surface area (Å²) in [5.74, 6) is 0.406. The number of hydrogen-bond acceptors (Lipinski definition) is 2. The molecule has 1 atom stereocenters. The van der Waals surface area contributed by atoms with Crippen LogP contribution in [0.15, 0.2) is 30.3 Å². The average Bonchev–Trinajstić information content (AvgIpc) is 3.23. The van der Waals surface area contributed by atoms with Gasteiger partial charge in [-0.1, -0.05) is 11.6 Å². The summed E-state index contributed by atoms with van der Waals surface area (Å²) in [5.41, 5.74) is 3.79. The van der Waals surface area contributed by atoms with Crippen molar-refractivity contribution in [2.75, 3.05) is 26.3 Å². The maximum absolute atomic E-state index is 13.1. The van der Waals surface area contributed by atoms with Gasteiger partial charge in [-0.2, -0.15) is 0 Å². The summed E-state index contributed by atoms with van der Waals surface area (Å²) in [6.45, 7) is 9.03. The molecule has 4 nitrogen and oxygen atoms in total. The molecule has 1 fully saturated rings. The number of amides is 1. The molecular formula is C20H25ClN2O2. The van der Waals surface area contributed by atoms with Gasteiger partial charge in [0.15, 0.2) is 0 Å². The van der Waals surface area contributed by atoms with E-state index in [1.165, 1.54) is 0 Å². The summed E-state index contributed by atoms with van der Waals surface area (Å²) >= 11 is 6.37. The second-order valence-electron chi connectivity index (χ2n) is 6.69. The third-order valence-electron chi connectivity index (χ3n) is 4.88. The van der Waals surface area contributed by atoms with Crippen molar-refractivity contribution in [3.8, 4) is 5.69 Å². The molecule has 0 spiro atoms. The van der Waals surface area contributed by atoms with Gasteiger partial charge in [-0.05, 0) is 57.5 Å². The largest absolute Gasteiger partial charge is 0.381 e. The fraction of sp³-hybridized carbons (Fsp3) is 0.450. The van der Waals surface area contributed by atoms with E-state index in [-0.39, 0.29) is 5.91 Å². The van der Waals surface area contributed by atoms with Gasteiger partial charge in [-0.15, -0.1) is 0 Å². The molecule has 0 N–H and O–H groups in total. The SMILES string of the molecule is CCN(CC1CCOC1)C(=O)c1cc(-n2c(C)ccc2C)ccc1Cl. The smallest absolute Gasteiger partial charge is 0.255 e. The normalized spacial score (nSPS) is 17.0. The Kier molecular flexibility index (Phi) is 5.50. The van der Waals surface area contributed by atoms with E-state index in [0.717, 1.165) is 43.3 Å². The Balaban J connectivity index is 1.90. The van der Waals surface area contributed by atoms with Crippen LogP contribution in [-0.2, 0) is 4.74 Å². The van der Waals surface area contributed by atoms with Crippen LogP contribution >= 0.6 is 11.6 Å². The van der Waals surface area contributed by atoms with Crippen LogP contribution in [0.4, 0.5) is 0 Å². The first-order valence-corrected chi connectivity index (χ1v) is 9.21. The highest BCUT2D eigenvalue weighted by molar-refractivity contribution is 6.33. The first-order valence-electron chi connectivity index (χ1n) is 8.83. The lowest BCUT2D eigenvalue weighted by Gasteiger charge is -2.24. The molecule has 0 aliphatic carbocycles. The number of ether oxygens (including phenoxy) is 1. The number of aryl methyl sites for hydroxylation is 2. The zero-order valence-electron chi connectivity index (χ0n) is 15.1. The van der Waals surface area contributed by atoms with Crippen LogP contribution in [0, 0.1) is 19.8 Å². The number of aromatic nitrogens is 1. The molecule has 2 heterocycles. The monoisotopic (exact) mass is 360 g/mol. The number of halogens is 1. The van der Waals surface area contributed by atoms with Crippen molar-refractivity contribution in [3.05, 3.63) is 52.3 Å². The first-order chi connectivity index (χ1) is 12.0. The third kappa shape index (κ3) is 3.75. The quantitative estimate of drug-likeness (QED) is 0.799. The molecule has 0 bridgehead atoms. The van der Waals surface area contributed by atoms with Crippen LogP contribution in [0.3, 0.4) is 0 Å². The molecule has 5 heteroatoms. The fourth-order valence-corrected chi connectivity index (χ4v) is 3.66. The van der Waals surface area contributed by atoms with Gasteiger partial charge < -0.3 is 14.2 Å². The Morgan fingerprint density at radius 3 is 2.60 bits per heavy atom. The summed E-state index contributed by atoms with van der Waals surface area (Å²) in [5, 5.41) is 0.498. The van der Waals surface area contributed by atoms with E-state index in [9.17, 15) is 4.79 Å². The first kappa shape index (κ1) is 18.0. The Hall–Kier alpha value is -1.78. The van der Waals surface area contributed by atoms with Crippen molar-refractivity contribution in [3.63, 3.8) is 0 Å². The fourth-order valence-electron chi connectivity index (χ4n) is 3.46. The average molecular weight is 361 g/mol. The summed E-state index contributed by atoms with van der Waals surface area (Å²) in [6, 6.07) is 9.82. The van der Waals surface area contributed by atoms with Crippen molar-refractivity contribution < 1.29 is 9.53 Å². The predicted octanol–water partition coefficient (Wildman–Crippen LogP) is 4.25. The molecule has 0 radical (unpaired) electrons. The molecule has 0 saturated carbocycles. The Bertz CT molecular complexity index is 744. The third-order valence-corrected chi connectivity index (χ3v) is 5.21. The molecule has 134 valence electrons. The number of carbonyl (C=O) groups excluding carboxylic acids is 1. The maximum Gasteiger partial charge on any atom is 0.255 e. The minimum Gasteiger partial charge on any atom is -0.381 e. The molecule has 1 aromatic heterocycles. The minimum absolute atomic E-state index is 0.0105. The van der Waals surface area contributed by atoms with Gasteiger partial charge in [0.05, 0.1) is 17.2 Å². The molecule has 1 saturated heterocycles. The van der Waals surface area contributed by atoms with Crippen LogP contribution in [-0.4, -0.2) is 41.7 Å². The maximum atomic E-state index is 13.1. The number of benzene rings is 1. The Labute approximate surface area is 154 Å².